The molecular weight excluding hydrogens is 252 g/mol. The topological polar surface area (TPSA) is 66.5 Å². The molecule has 0 bridgehead atoms. The molecule has 3 unspecified atom stereocenters. The van der Waals surface area contributed by atoms with Crippen LogP contribution in [0.25, 0.3) is 0 Å². The summed E-state index contributed by atoms with van der Waals surface area (Å²) in [4.78, 5) is 25.5. The first kappa shape index (κ1) is 15.1. The van der Waals surface area contributed by atoms with Crippen molar-refractivity contribution < 1.29 is 13.8 Å². The van der Waals surface area contributed by atoms with Crippen LogP contribution in [0.3, 0.4) is 0 Å². The van der Waals surface area contributed by atoms with Gasteiger partial charge in [0.15, 0.2) is 0 Å². The van der Waals surface area contributed by atoms with E-state index in [9.17, 15) is 13.8 Å². The summed E-state index contributed by atoms with van der Waals surface area (Å²) in [6, 6.07) is -0.867. The molecule has 1 saturated heterocycles. The summed E-state index contributed by atoms with van der Waals surface area (Å²) in [5.74, 6) is 0.868. The lowest BCUT2D eigenvalue weighted by atomic mass is 10.0. The van der Waals surface area contributed by atoms with Gasteiger partial charge in [0.05, 0.1) is 0 Å². The van der Waals surface area contributed by atoms with E-state index in [0.29, 0.717) is 24.5 Å². The third kappa shape index (κ3) is 3.54. The van der Waals surface area contributed by atoms with Crippen LogP contribution in [0.5, 0.6) is 0 Å². The number of hydrogen-bond donors (Lipinski definition) is 1. The Morgan fingerprint density at radius 2 is 2.00 bits per heavy atom. The molecule has 0 aromatic rings. The van der Waals surface area contributed by atoms with Crippen LogP contribution in [0, 0.1) is 0 Å². The zero-order valence-corrected chi connectivity index (χ0v) is 12.1. The van der Waals surface area contributed by atoms with E-state index in [0.717, 1.165) is 6.42 Å². The van der Waals surface area contributed by atoms with Crippen molar-refractivity contribution in [1.29, 1.82) is 0 Å². The van der Waals surface area contributed by atoms with Gasteiger partial charge in [0, 0.05) is 28.9 Å². The highest BCUT2D eigenvalue weighted by molar-refractivity contribution is 7.84. The molecule has 6 heteroatoms. The Balaban J connectivity index is 2.69. The molecule has 104 valence electrons. The number of nitrogens with zero attached hydrogens (tertiary/aromatic N) is 1. The number of hydrogen-bond acceptors (Lipinski definition) is 3. The third-order valence-corrected chi connectivity index (χ3v) is 4.49. The van der Waals surface area contributed by atoms with Gasteiger partial charge < -0.3 is 10.2 Å². The summed E-state index contributed by atoms with van der Waals surface area (Å²) in [6.07, 6.45) is 1.50. The van der Waals surface area contributed by atoms with E-state index in [4.69, 9.17) is 0 Å². The second kappa shape index (κ2) is 6.87. The number of rotatable bonds is 6. The molecule has 5 nitrogen and oxygen atoms in total. The second-order valence-corrected chi connectivity index (χ2v) is 6.36. The molecule has 3 atom stereocenters. The maximum atomic E-state index is 12.2. The minimum Gasteiger partial charge on any atom is -0.343 e. The van der Waals surface area contributed by atoms with Gasteiger partial charge in [-0.05, 0) is 13.3 Å². The molecule has 2 amide bonds. The molecule has 0 radical (unpaired) electrons. The lowest BCUT2D eigenvalue weighted by Gasteiger charge is -2.37. The van der Waals surface area contributed by atoms with Crippen molar-refractivity contribution in [1.82, 2.24) is 10.2 Å². The smallest absolute Gasteiger partial charge is 0.245 e. The summed E-state index contributed by atoms with van der Waals surface area (Å²) < 4.78 is 11.4. The molecule has 0 aromatic carbocycles. The quantitative estimate of drug-likeness (QED) is 0.756. The van der Waals surface area contributed by atoms with E-state index in [2.05, 4.69) is 5.32 Å². The number of carbonyl (C=O) groups excluding carboxylic acids is 2. The molecule has 0 aliphatic carbocycles. The summed E-state index contributed by atoms with van der Waals surface area (Å²) >= 11 is 0. The van der Waals surface area contributed by atoms with E-state index in [-0.39, 0.29) is 11.8 Å². The van der Waals surface area contributed by atoms with Crippen LogP contribution in [0.15, 0.2) is 0 Å². The fraction of sp³-hybridized carbons (Fsp3) is 0.833. The second-order valence-electron chi connectivity index (χ2n) is 4.49. The lowest BCUT2D eigenvalue weighted by molar-refractivity contribution is -0.148. The predicted molar refractivity (Wildman–Crippen MR) is 71.6 cm³/mol. The monoisotopic (exact) mass is 274 g/mol. The van der Waals surface area contributed by atoms with E-state index in [1.54, 1.807) is 11.8 Å². The largest absolute Gasteiger partial charge is 0.343 e. The van der Waals surface area contributed by atoms with E-state index in [1.165, 1.54) is 0 Å². The SMILES string of the molecule is CCCC1NC(=O)C(C)N(CCS(=O)CC)C1=O. The number of amides is 2. The van der Waals surface area contributed by atoms with Crippen LogP contribution in [-0.4, -0.2) is 51.1 Å². The Morgan fingerprint density at radius 1 is 1.33 bits per heavy atom. The van der Waals surface area contributed by atoms with Crippen molar-refractivity contribution in [2.24, 2.45) is 0 Å². The summed E-state index contributed by atoms with van der Waals surface area (Å²) in [7, 11) is -0.910. The van der Waals surface area contributed by atoms with Gasteiger partial charge in [0.1, 0.15) is 12.1 Å². The molecule has 1 aliphatic heterocycles. The minimum absolute atomic E-state index is 0.0444. The predicted octanol–water partition coefficient (Wildman–Crippen LogP) is 0.271. The minimum atomic E-state index is -0.910. The van der Waals surface area contributed by atoms with Crippen LogP contribution < -0.4 is 5.32 Å². The van der Waals surface area contributed by atoms with Crippen molar-refractivity contribution in [3.05, 3.63) is 0 Å². The average Bonchev–Trinajstić information content (AvgIpc) is 2.35. The van der Waals surface area contributed by atoms with E-state index < -0.39 is 22.9 Å². The Bertz CT molecular complexity index is 346. The van der Waals surface area contributed by atoms with Gasteiger partial charge in [0.25, 0.3) is 0 Å². The van der Waals surface area contributed by atoms with Crippen molar-refractivity contribution in [3.63, 3.8) is 0 Å². The van der Waals surface area contributed by atoms with Crippen LogP contribution in [0.1, 0.15) is 33.6 Å². The molecule has 1 N–H and O–H groups in total. The molecular formula is C12H22N2O3S. The standard InChI is InChI=1S/C12H22N2O3S/c1-4-6-10-12(16)14(7-8-18(17)5-2)9(3)11(15)13-10/h9-10H,4-8H2,1-3H3,(H,13,15). The zero-order chi connectivity index (χ0) is 13.7. The third-order valence-electron chi connectivity index (χ3n) is 3.20. The number of nitrogens with one attached hydrogen (secondary N) is 1. The molecule has 1 fully saturated rings. The molecule has 1 rings (SSSR count). The molecule has 0 saturated carbocycles. The van der Waals surface area contributed by atoms with E-state index >= 15 is 0 Å². The zero-order valence-electron chi connectivity index (χ0n) is 11.3. The fourth-order valence-electron chi connectivity index (χ4n) is 2.02. The van der Waals surface area contributed by atoms with Crippen molar-refractivity contribution in [2.45, 2.75) is 45.7 Å². The van der Waals surface area contributed by atoms with Gasteiger partial charge in [-0.2, -0.15) is 0 Å². The lowest BCUT2D eigenvalue weighted by Crippen LogP contribution is -2.62. The van der Waals surface area contributed by atoms with Crippen LogP contribution in [0.2, 0.25) is 0 Å². The highest BCUT2D eigenvalue weighted by atomic mass is 32.2. The van der Waals surface area contributed by atoms with Gasteiger partial charge in [-0.25, -0.2) is 0 Å². The van der Waals surface area contributed by atoms with Crippen molar-refractivity contribution in [3.8, 4) is 0 Å². The first-order valence-corrected chi connectivity index (χ1v) is 7.95. The van der Waals surface area contributed by atoms with E-state index in [1.807, 2.05) is 13.8 Å². The molecule has 1 aliphatic rings. The summed E-state index contributed by atoms with van der Waals surface area (Å²) in [5.41, 5.74) is 0. The molecule has 0 aromatic heterocycles. The first-order valence-electron chi connectivity index (χ1n) is 6.47. The maximum Gasteiger partial charge on any atom is 0.245 e. The first-order chi connectivity index (χ1) is 8.51. The molecule has 18 heavy (non-hydrogen) atoms. The molecule has 0 spiro atoms. The highest BCUT2D eigenvalue weighted by Crippen LogP contribution is 2.13. The molecule has 1 heterocycles. The van der Waals surface area contributed by atoms with Gasteiger partial charge >= 0.3 is 0 Å². The van der Waals surface area contributed by atoms with Crippen LogP contribution >= 0.6 is 0 Å². The van der Waals surface area contributed by atoms with Gasteiger partial charge in [-0.1, -0.05) is 20.3 Å². The fourth-order valence-corrected chi connectivity index (χ4v) is 2.71. The Kier molecular flexibility index (Phi) is 5.78. The van der Waals surface area contributed by atoms with Crippen molar-refractivity contribution in [2.75, 3.05) is 18.1 Å². The average molecular weight is 274 g/mol. The Labute approximate surface area is 111 Å². The van der Waals surface area contributed by atoms with Gasteiger partial charge in [-0.3, -0.25) is 13.8 Å². The van der Waals surface area contributed by atoms with Gasteiger partial charge in [0.2, 0.25) is 11.8 Å². The normalized spacial score (nSPS) is 26.1. The highest BCUT2D eigenvalue weighted by Gasteiger charge is 2.37. The van der Waals surface area contributed by atoms with Crippen LogP contribution in [-0.2, 0) is 20.4 Å². The summed E-state index contributed by atoms with van der Waals surface area (Å²) in [6.45, 7) is 5.94. The summed E-state index contributed by atoms with van der Waals surface area (Å²) in [5, 5.41) is 2.74. The van der Waals surface area contributed by atoms with Crippen molar-refractivity contribution >= 4 is 22.6 Å². The Hall–Kier alpha value is -0.910. The van der Waals surface area contributed by atoms with Gasteiger partial charge in [-0.15, -0.1) is 0 Å². The van der Waals surface area contributed by atoms with Crippen LogP contribution in [0.4, 0.5) is 0 Å². The number of piperazine rings is 1. The maximum absolute atomic E-state index is 12.2. The Morgan fingerprint density at radius 3 is 2.56 bits per heavy atom. The number of carbonyl (C=O) groups is 2.